The van der Waals surface area contributed by atoms with Crippen LogP contribution in [-0.2, 0) is 13.8 Å². The molecule has 0 aliphatic carbocycles. The van der Waals surface area contributed by atoms with Gasteiger partial charge in [-0.3, -0.25) is 4.52 Å². The van der Waals surface area contributed by atoms with E-state index in [9.17, 15) is 19.9 Å². The van der Waals surface area contributed by atoms with Gasteiger partial charge in [-0.15, -0.1) is 0 Å². The molecule has 1 aromatic rings. The maximum absolute atomic E-state index is 11.1. The Kier molecular flexibility index (Phi) is 7.05. The Morgan fingerprint density at radius 1 is 0.926 bits per heavy atom. The molecule has 5 atom stereocenters. The van der Waals surface area contributed by atoms with Crippen molar-refractivity contribution in [3.05, 3.63) is 29.3 Å². The molecule has 5 N–H and O–H groups in total. The molecule has 2 rings (SSSR count). The summed E-state index contributed by atoms with van der Waals surface area (Å²) in [6, 6.07) is 5.60. The average molecular weight is 406 g/mol. The lowest BCUT2D eigenvalue weighted by Crippen LogP contribution is -2.59. The molecule has 0 aromatic heterocycles. The molecule has 10 heteroatoms. The molecule has 1 fully saturated rings. The van der Waals surface area contributed by atoms with E-state index in [4.69, 9.17) is 19.3 Å². The van der Waals surface area contributed by atoms with Gasteiger partial charge < -0.3 is 34.6 Å². The Hall–Kier alpha value is -1.03. The summed E-state index contributed by atoms with van der Waals surface area (Å²) >= 11 is 0. The van der Waals surface area contributed by atoms with E-state index >= 15 is 0 Å². The Morgan fingerprint density at radius 3 is 1.85 bits per heavy atom. The number of aliphatic hydroxyl groups excluding tert-OH is 3. The summed E-state index contributed by atoms with van der Waals surface area (Å²) in [7, 11) is -5.01. The third-order valence-electron chi connectivity index (χ3n) is 4.32. The summed E-state index contributed by atoms with van der Waals surface area (Å²) in [5.41, 5.74) is 1.68. The van der Waals surface area contributed by atoms with Gasteiger partial charge in [0.1, 0.15) is 24.1 Å². The van der Waals surface area contributed by atoms with E-state index in [1.807, 2.05) is 45.9 Å². The molecule has 154 valence electrons. The van der Waals surface area contributed by atoms with Gasteiger partial charge in [0.25, 0.3) is 0 Å². The minimum atomic E-state index is -5.01. The number of hydrogen-bond acceptors (Lipinski definition) is 7. The maximum atomic E-state index is 11.1. The number of rotatable bonds is 6. The Labute approximate surface area is 157 Å². The minimum absolute atomic E-state index is 0.0806. The number of phosphoric acid groups is 1. The van der Waals surface area contributed by atoms with Crippen LogP contribution in [0.1, 0.15) is 50.7 Å². The van der Waals surface area contributed by atoms with Crippen molar-refractivity contribution < 1.29 is 43.7 Å². The zero-order chi connectivity index (χ0) is 20.5. The molecule has 0 amide bonds. The average Bonchev–Trinajstić information content (AvgIpc) is 2.55. The van der Waals surface area contributed by atoms with Crippen LogP contribution in [0, 0.1) is 0 Å². The largest absolute Gasteiger partial charge is 0.472 e. The number of aliphatic hydroxyl groups is 3. The normalized spacial score (nSPS) is 29.4. The number of ether oxygens (including phenoxy) is 2. The van der Waals surface area contributed by atoms with Gasteiger partial charge in [-0.25, -0.2) is 4.57 Å². The van der Waals surface area contributed by atoms with Gasteiger partial charge in [0.2, 0.25) is 12.6 Å². The number of phosphoric ester groups is 1. The fraction of sp³-hybridized carbons (Fsp3) is 0.647. The molecular weight excluding hydrogens is 379 g/mol. The van der Waals surface area contributed by atoms with Crippen molar-refractivity contribution in [2.24, 2.45) is 0 Å². The van der Waals surface area contributed by atoms with Crippen molar-refractivity contribution in [1.29, 1.82) is 0 Å². The second kappa shape index (κ2) is 8.55. The van der Waals surface area contributed by atoms with Gasteiger partial charge in [-0.2, -0.15) is 0 Å². The summed E-state index contributed by atoms with van der Waals surface area (Å²) in [6.07, 6.45) is -8.68. The molecule has 0 bridgehead atoms. The Morgan fingerprint density at radius 2 is 1.41 bits per heavy atom. The summed E-state index contributed by atoms with van der Waals surface area (Å²) in [5, 5.41) is 30.1. The molecule has 27 heavy (non-hydrogen) atoms. The first-order valence-corrected chi connectivity index (χ1v) is 10.2. The van der Waals surface area contributed by atoms with E-state index in [2.05, 4.69) is 4.52 Å². The maximum Gasteiger partial charge on any atom is 0.472 e. The molecule has 1 aromatic carbocycles. The first kappa shape index (κ1) is 22.3. The van der Waals surface area contributed by atoms with Crippen molar-refractivity contribution in [2.75, 3.05) is 0 Å². The molecule has 1 heterocycles. The van der Waals surface area contributed by atoms with E-state index in [-0.39, 0.29) is 11.8 Å². The predicted molar refractivity (Wildman–Crippen MR) is 95.1 cm³/mol. The smallest absolute Gasteiger partial charge is 0.461 e. The Bertz CT molecular complexity index is 661. The monoisotopic (exact) mass is 406 g/mol. The van der Waals surface area contributed by atoms with Crippen molar-refractivity contribution in [2.45, 2.75) is 70.4 Å². The highest BCUT2D eigenvalue weighted by Crippen LogP contribution is 2.42. The fourth-order valence-electron chi connectivity index (χ4n) is 2.87. The lowest BCUT2D eigenvalue weighted by atomic mass is 9.94. The second-order valence-electron chi connectivity index (χ2n) is 7.13. The molecular formula is C17H27O9P. The van der Waals surface area contributed by atoms with Crippen LogP contribution >= 0.6 is 7.82 Å². The molecule has 0 radical (unpaired) electrons. The molecule has 1 saturated heterocycles. The van der Waals surface area contributed by atoms with Crippen molar-refractivity contribution in [1.82, 2.24) is 0 Å². The second-order valence-corrected chi connectivity index (χ2v) is 8.33. The van der Waals surface area contributed by atoms with E-state index in [1.54, 1.807) is 0 Å². The van der Waals surface area contributed by atoms with E-state index in [0.717, 1.165) is 11.1 Å². The first-order chi connectivity index (χ1) is 12.4. The number of benzene rings is 1. The predicted octanol–water partition coefficient (Wildman–Crippen LogP) is 1.19. The van der Waals surface area contributed by atoms with Gasteiger partial charge in [0.05, 0.1) is 0 Å². The number of hydrogen-bond donors (Lipinski definition) is 5. The van der Waals surface area contributed by atoms with Crippen molar-refractivity contribution in [3.8, 4) is 5.75 Å². The van der Waals surface area contributed by atoms with Crippen LogP contribution in [0.4, 0.5) is 0 Å². The molecule has 5 unspecified atom stereocenters. The van der Waals surface area contributed by atoms with E-state index in [1.165, 1.54) is 0 Å². The number of para-hydroxylation sites is 1. The zero-order valence-electron chi connectivity index (χ0n) is 15.6. The van der Waals surface area contributed by atoms with Crippen LogP contribution in [-0.4, -0.2) is 56.0 Å². The third kappa shape index (κ3) is 5.28. The zero-order valence-corrected chi connectivity index (χ0v) is 16.5. The highest BCUT2D eigenvalue weighted by Gasteiger charge is 2.48. The van der Waals surface area contributed by atoms with Crippen LogP contribution in [0.25, 0.3) is 0 Å². The highest BCUT2D eigenvalue weighted by molar-refractivity contribution is 7.46. The van der Waals surface area contributed by atoms with Crippen LogP contribution in [0.15, 0.2) is 18.2 Å². The lowest BCUT2D eigenvalue weighted by Gasteiger charge is -2.40. The van der Waals surface area contributed by atoms with Gasteiger partial charge in [0, 0.05) is 0 Å². The van der Waals surface area contributed by atoms with Crippen LogP contribution in [0.2, 0.25) is 0 Å². The van der Waals surface area contributed by atoms with Gasteiger partial charge in [-0.1, -0.05) is 45.9 Å². The molecule has 1 aliphatic heterocycles. The highest BCUT2D eigenvalue weighted by atomic mass is 31.2. The van der Waals surface area contributed by atoms with Crippen LogP contribution in [0.3, 0.4) is 0 Å². The SMILES string of the molecule is CC(C)c1cccc(C(C)C)c1OC1OC(OP(=O)(O)O)C(O)C(O)C1O. The van der Waals surface area contributed by atoms with E-state index < -0.39 is 38.7 Å². The van der Waals surface area contributed by atoms with Crippen molar-refractivity contribution in [3.63, 3.8) is 0 Å². The summed E-state index contributed by atoms with van der Waals surface area (Å²) in [4.78, 5) is 17.9. The third-order valence-corrected chi connectivity index (χ3v) is 4.80. The van der Waals surface area contributed by atoms with Crippen LogP contribution < -0.4 is 4.74 Å². The molecule has 1 aliphatic rings. The Balaban J connectivity index is 2.36. The molecule has 0 saturated carbocycles. The quantitative estimate of drug-likeness (QED) is 0.440. The van der Waals surface area contributed by atoms with Gasteiger partial charge in [-0.05, 0) is 23.0 Å². The molecule has 9 nitrogen and oxygen atoms in total. The van der Waals surface area contributed by atoms with Crippen molar-refractivity contribution >= 4 is 7.82 Å². The minimum Gasteiger partial charge on any atom is -0.461 e. The lowest BCUT2D eigenvalue weighted by molar-refractivity contribution is -0.316. The van der Waals surface area contributed by atoms with Gasteiger partial charge >= 0.3 is 7.82 Å². The topological polar surface area (TPSA) is 146 Å². The summed E-state index contributed by atoms with van der Waals surface area (Å²) < 4.78 is 26.5. The standard InChI is InChI=1S/C17H27O9P/c1-8(2)10-6-5-7-11(9(3)4)15(10)24-16-13(19)12(18)14(20)17(25-16)26-27(21,22)23/h5-9,12-14,16-20H,1-4H3,(H2,21,22,23). The van der Waals surface area contributed by atoms with E-state index in [0.29, 0.717) is 5.75 Å². The first-order valence-electron chi connectivity index (χ1n) is 8.65. The molecule has 0 spiro atoms. The summed E-state index contributed by atoms with van der Waals surface area (Å²) in [6.45, 7) is 7.84. The van der Waals surface area contributed by atoms with Gasteiger partial charge in [0.15, 0.2) is 0 Å². The summed E-state index contributed by atoms with van der Waals surface area (Å²) in [5.74, 6) is 0.610. The fourth-order valence-corrected chi connectivity index (χ4v) is 3.32. The van der Waals surface area contributed by atoms with Crippen LogP contribution in [0.5, 0.6) is 5.75 Å².